The summed E-state index contributed by atoms with van der Waals surface area (Å²) in [4.78, 5) is 13.7. The van der Waals surface area contributed by atoms with Crippen LogP contribution in [0.15, 0.2) is 23.1 Å². The average Bonchev–Trinajstić information content (AvgIpc) is 2.13. The molecule has 3 nitrogen and oxygen atoms in total. The van der Waals surface area contributed by atoms with E-state index < -0.39 is 10.3 Å². The van der Waals surface area contributed by atoms with Gasteiger partial charge in [-0.05, 0) is 24.1 Å². The van der Waals surface area contributed by atoms with Crippen LogP contribution in [0.4, 0.5) is 0 Å². The molecule has 0 bridgehead atoms. The van der Waals surface area contributed by atoms with E-state index in [1.165, 1.54) is 0 Å². The van der Waals surface area contributed by atoms with Crippen molar-refractivity contribution in [2.75, 3.05) is 12.5 Å². The molecule has 0 fully saturated rings. The van der Waals surface area contributed by atoms with Gasteiger partial charge in [0.05, 0.1) is 6.61 Å². The van der Waals surface area contributed by atoms with Crippen molar-refractivity contribution in [3.05, 3.63) is 34.2 Å². The van der Waals surface area contributed by atoms with Crippen LogP contribution in [0.2, 0.25) is 0 Å². The van der Waals surface area contributed by atoms with Gasteiger partial charge in [0.15, 0.2) is 0 Å². The molecule has 0 saturated carbocycles. The van der Waals surface area contributed by atoms with Gasteiger partial charge >= 0.3 is 0 Å². The van der Waals surface area contributed by atoms with E-state index in [2.05, 4.69) is 38.3 Å². The van der Waals surface area contributed by atoms with Crippen LogP contribution in [-0.2, 0) is 10.8 Å². The van der Waals surface area contributed by atoms with E-state index in [1.807, 2.05) is 6.07 Å². The maximum absolute atomic E-state index is 11.1. The molecule has 0 radical (unpaired) electrons. The molecule has 1 aromatic rings. The highest BCUT2D eigenvalue weighted by atomic mass is 32.3. The Morgan fingerprint density at radius 1 is 1.38 bits per heavy atom. The van der Waals surface area contributed by atoms with Gasteiger partial charge in [-0.15, -0.1) is 10.3 Å². The predicted molar refractivity (Wildman–Crippen MR) is 71.0 cm³/mol. The molecule has 0 saturated heterocycles. The van der Waals surface area contributed by atoms with Crippen LogP contribution in [0.5, 0.6) is 0 Å². The van der Waals surface area contributed by atoms with Crippen LogP contribution in [0.1, 0.15) is 26.3 Å². The first-order valence-corrected chi connectivity index (χ1v) is 7.65. The van der Waals surface area contributed by atoms with Gasteiger partial charge in [-0.1, -0.05) is 20.8 Å². The monoisotopic (exact) mass is 243 g/mol. The molecule has 1 rings (SSSR count). The summed E-state index contributed by atoms with van der Waals surface area (Å²) in [5.41, 5.74) is 0.846. The van der Waals surface area contributed by atoms with Gasteiger partial charge in [-0.25, -0.2) is 0 Å². The number of aromatic amines is 1. The fraction of sp³-hybridized carbons (Fsp3) is 0.583. The topological polar surface area (TPSA) is 42.1 Å². The SMILES string of the molecule is CC(C)(C)S(C)(C)OCc1cc[nH]c(=O)c1. The Hall–Kier alpha value is -0.740. The number of H-pyrrole nitrogens is 1. The molecule has 1 N–H and O–H groups in total. The predicted octanol–water partition coefficient (Wildman–Crippen LogP) is 2.67. The highest BCUT2D eigenvalue weighted by Gasteiger charge is 2.28. The van der Waals surface area contributed by atoms with Crippen molar-refractivity contribution in [2.45, 2.75) is 32.1 Å². The zero-order valence-electron chi connectivity index (χ0n) is 10.7. The number of aromatic nitrogens is 1. The zero-order chi connectivity index (χ0) is 12.4. The first-order chi connectivity index (χ1) is 7.22. The van der Waals surface area contributed by atoms with E-state index >= 15 is 0 Å². The first-order valence-electron chi connectivity index (χ1n) is 5.27. The molecule has 92 valence electrons. The fourth-order valence-corrected chi connectivity index (χ4v) is 1.76. The molecule has 4 heteroatoms. The van der Waals surface area contributed by atoms with E-state index in [0.29, 0.717) is 6.61 Å². The summed E-state index contributed by atoms with van der Waals surface area (Å²) in [7, 11) is -1.12. The maximum Gasteiger partial charge on any atom is 0.248 e. The van der Waals surface area contributed by atoms with Crippen LogP contribution in [0.3, 0.4) is 0 Å². The van der Waals surface area contributed by atoms with Gasteiger partial charge < -0.3 is 9.17 Å². The number of nitrogens with one attached hydrogen (secondary N) is 1. The second kappa shape index (κ2) is 4.63. The number of hydrogen-bond donors (Lipinski definition) is 1. The van der Waals surface area contributed by atoms with Gasteiger partial charge in [0.25, 0.3) is 0 Å². The molecule has 0 amide bonds. The Labute approximate surface area is 98.7 Å². The second-order valence-corrected chi connectivity index (χ2v) is 9.10. The minimum Gasteiger partial charge on any atom is -0.332 e. The lowest BCUT2D eigenvalue weighted by Crippen LogP contribution is -2.25. The molecule has 16 heavy (non-hydrogen) atoms. The molecule has 0 aromatic carbocycles. The lowest BCUT2D eigenvalue weighted by molar-refractivity contribution is 0.338. The number of hydrogen-bond acceptors (Lipinski definition) is 2. The summed E-state index contributed by atoms with van der Waals surface area (Å²) in [6, 6.07) is 3.46. The fourth-order valence-electron chi connectivity index (χ4n) is 0.971. The van der Waals surface area contributed by atoms with Crippen LogP contribution in [-0.4, -0.2) is 22.2 Å². The lowest BCUT2D eigenvalue weighted by atomic mass is 10.3. The normalized spacial score (nSPS) is 13.8. The molecular formula is C12H21NO2S. The number of pyridine rings is 1. The highest BCUT2D eigenvalue weighted by molar-refractivity contribution is 8.29. The molecule has 1 aromatic heterocycles. The average molecular weight is 243 g/mol. The second-order valence-electron chi connectivity index (χ2n) is 5.17. The summed E-state index contributed by atoms with van der Waals surface area (Å²) in [5, 5.41) is 0. The lowest BCUT2D eigenvalue weighted by Gasteiger charge is -2.43. The summed E-state index contributed by atoms with van der Waals surface area (Å²) in [6.07, 6.45) is 5.96. The summed E-state index contributed by atoms with van der Waals surface area (Å²) in [5.74, 6) is 0. The summed E-state index contributed by atoms with van der Waals surface area (Å²) >= 11 is 0. The Kier molecular flexibility index (Phi) is 3.86. The molecule has 0 atom stereocenters. The zero-order valence-corrected chi connectivity index (χ0v) is 11.5. The standard InChI is InChI=1S/C12H21NO2S/c1-12(2,3)16(4,5)15-9-10-6-7-13-11(14)8-10/h6-8H,9H2,1-5H3,(H,13,14). The Morgan fingerprint density at radius 3 is 2.50 bits per heavy atom. The summed E-state index contributed by atoms with van der Waals surface area (Å²) < 4.78 is 6.11. The summed E-state index contributed by atoms with van der Waals surface area (Å²) in [6.45, 7) is 7.05. The Balaban J connectivity index is 2.68. The minimum atomic E-state index is -1.12. The first kappa shape index (κ1) is 13.3. The quantitative estimate of drug-likeness (QED) is 0.887. The van der Waals surface area contributed by atoms with E-state index in [1.54, 1.807) is 12.3 Å². The molecule has 0 aliphatic carbocycles. The van der Waals surface area contributed by atoms with Crippen LogP contribution < -0.4 is 5.56 Å². The number of rotatable bonds is 3. The van der Waals surface area contributed by atoms with Crippen molar-refractivity contribution in [1.82, 2.24) is 4.98 Å². The molecule has 0 aliphatic heterocycles. The van der Waals surface area contributed by atoms with Gasteiger partial charge in [-0.3, -0.25) is 4.79 Å². The van der Waals surface area contributed by atoms with Crippen LogP contribution in [0.25, 0.3) is 0 Å². The van der Waals surface area contributed by atoms with Gasteiger partial charge in [0.1, 0.15) is 0 Å². The van der Waals surface area contributed by atoms with Crippen molar-refractivity contribution in [1.29, 1.82) is 0 Å². The van der Waals surface area contributed by atoms with Crippen LogP contribution >= 0.6 is 10.3 Å². The third kappa shape index (κ3) is 3.39. The Bertz CT molecular complexity index is 404. The van der Waals surface area contributed by atoms with Crippen molar-refractivity contribution in [2.24, 2.45) is 0 Å². The molecule has 1 heterocycles. The highest BCUT2D eigenvalue weighted by Crippen LogP contribution is 2.54. The smallest absolute Gasteiger partial charge is 0.248 e. The maximum atomic E-state index is 11.1. The molecule has 0 spiro atoms. The van der Waals surface area contributed by atoms with E-state index in [0.717, 1.165) is 5.56 Å². The van der Waals surface area contributed by atoms with Crippen molar-refractivity contribution < 1.29 is 4.18 Å². The third-order valence-corrected chi connectivity index (χ3v) is 6.49. The van der Waals surface area contributed by atoms with Gasteiger partial charge in [-0.2, -0.15) is 0 Å². The van der Waals surface area contributed by atoms with Crippen molar-refractivity contribution >= 4 is 10.3 Å². The van der Waals surface area contributed by atoms with E-state index in [4.69, 9.17) is 4.18 Å². The Morgan fingerprint density at radius 2 is 2.00 bits per heavy atom. The third-order valence-electron chi connectivity index (χ3n) is 2.83. The van der Waals surface area contributed by atoms with Crippen LogP contribution in [0, 0.1) is 0 Å². The van der Waals surface area contributed by atoms with E-state index in [-0.39, 0.29) is 10.3 Å². The van der Waals surface area contributed by atoms with Crippen molar-refractivity contribution in [3.8, 4) is 0 Å². The van der Waals surface area contributed by atoms with Gasteiger partial charge in [0, 0.05) is 17.0 Å². The van der Waals surface area contributed by atoms with E-state index in [9.17, 15) is 4.79 Å². The molecule has 0 aliphatic rings. The largest absolute Gasteiger partial charge is 0.332 e. The van der Waals surface area contributed by atoms with Crippen molar-refractivity contribution in [3.63, 3.8) is 0 Å². The molecular weight excluding hydrogens is 222 g/mol. The minimum absolute atomic E-state index is 0.0790. The molecule has 0 unspecified atom stereocenters. The van der Waals surface area contributed by atoms with Gasteiger partial charge in [0.2, 0.25) is 5.56 Å².